The van der Waals surface area contributed by atoms with Crippen molar-refractivity contribution in [1.29, 1.82) is 0 Å². The van der Waals surface area contributed by atoms with E-state index in [0.717, 1.165) is 21.2 Å². The molecule has 2 aliphatic rings. The molecule has 0 radical (unpaired) electrons. The van der Waals surface area contributed by atoms with Crippen LogP contribution in [-0.2, 0) is 29.1 Å². The molecule has 34 heavy (non-hydrogen) atoms. The molecule has 2 amide bonds. The van der Waals surface area contributed by atoms with Gasteiger partial charge in [0.15, 0.2) is 0 Å². The molecule has 0 aromatic heterocycles. The molecular formula is C24H26N2O7S. The van der Waals surface area contributed by atoms with Gasteiger partial charge in [-0.1, -0.05) is 17.7 Å². The van der Waals surface area contributed by atoms with Gasteiger partial charge in [0.2, 0.25) is 15.9 Å². The number of benzene rings is 2. The van der Waals surface area contributed by atoms with Gasteiger partial charge in [-0.05, 0) is 56.2 Å². The van der Waals surface area contributed by atoms with Gasteiger partial charge in [0.1, 0.15) is 11.8 Å². The summed E-state index contributed by atoms with van der Waals surface area (Å²) >= 11 is 0. The number of ether oxygens (including phenoxy) is 2. The Bertz CT molecular complexity index is 1190. The highest BCUT2D eigenvalue weighted by atomic mass is 32.2. The van der Waals surface area contributed by atoms with E-state index < -0.39 is 33.8 Å². The Kier molecular flexibility index (Phi) is 6.83. The number of esters is 1. The fourth-order valence-corrected chi connectivity index (χ4v) is 5.78. The molecule has 2 atom stereocenters. The number of nitrogens with zero attached hydrogens (tertiary/aromatic N) is 2. The lowest BCUT2D eigenvalue weighted by Crippen LogP contribution is -2.48. The highest BCUT2D eigenvalue weighted by Crippen LogP contribution is 2.31. The van der Waals surface area contributed by atoms with Crippen molar-refractivity contribution in [2.75, 3.05) is 18.1 Å². The standard InChI is InChI=1S/C24H26N2O7S/c1-16-5-11-21(12-6-16)34(30,31)25(15-20-4-3-13-32-20)22-14-23(28)26(24(22)29)18-7-9-19(10-8-18)33-17(2)27/h5-12,20,22H,3-4,13-15H2,1-2H3. The third-order valence-electron chi connectivity index (χ3n) is 5.86. The fraction of sp³-hybridized carbons (Fsp3) is 0.375. The Labute approximate surface area is 198 Å². The summed E-state index contributed by atoms with van der Waals surface area (Å²) < 4.78 is 39.0. The molecule has 2 aliphatic heterocycles. The average Bonchev–Trinajstić information content (AvgIpc) is 3.40. The van der Waals surface area contributed by atoms with Crippen LogP contribution in [0, 0.1) is 6.92 Å². The minimum atomic E-state index is -4.07. The highest BCUT2D eigenvalue weighted by Gasteiger charge is 2.47. The quantitative estimate of drug-likeness (QED) is 0.336. The third kappa shape index (κ3) is 4.89. The van der Waals surface area contributed by atoms with E-state index in [-0.39, 0.29) is 35.4 Å². The summed E-state index contributed by atoms with van der Waals surface area (Å²) in [4.78, 5) is 38.4. The lowest BCUT2D eigenvalue weighted by molar-refractivity contribution is -0.132. The number of imide groups is 1. The van der Waals surface area contributed by atoms with Crippen molar-refractivity contribution in [2.24, 2.45) is 0 Å². The largest absolute Gasteiger partial charge is 0.427 e. The molecule has 0 N–H and O–H groups in total. The molecule has 4 rings (SSSR count). The normalized spacial score (nSPS) is 20.9. The Morgan fingerprint density at radius 1 is 1.12 bits per heavy atom. The van der Waals surface area contributed by atoms with Crippen molar-refractivity contribution < 1.29 is 32.3 Å². The van der Waals surface area contributed by atoms with Gasteiger partial charge in [0, 0.05) is 20.1 Å². The maximum atomic E-state index is 13.6. The Morgan fingerprint density at radius 3 is 2.38 bits per heavy atom. The van der Waals surface area contributed by atoms with Crippen molar-refractivity contribution in [3.63, 3.8) is 0 Å². The van der Waals surface area contributed by atoms with Crippen LogP contribution in [0.5, 0.6) is 5.75 Å². The predicted molar refractivity (Wildman–Crippen MR) is 123 cm³/mol. The zero-order valence-corrected chi connectivity index (χ0v) is 19.8. The average molecular weight is 487 g/mol. The summed E-state index contributed by atoms with van der Waals surface area (Å²) in [5.74, 6) is -1.35. The van der Waals surface area contributed by atoms with Crippen LogP contribution in [0.2, 0.25) is 0 Å². The second kappa shape index (κ2) is 9.65. The number of hydrogen-bond acceptors (Lipinski definition) is 7. The second-order valence-electron chi connectivity index (χ2n) is 8.40. The molecule has 2 unspecified atom stereocenters. The zero-order chi connectivity index (χ0) is 24.5. The molecule has 2 aromatic carbocycles. The molecule has 180 valence electrons. The lowest BCUT2D eigenvalue weighted by Gasteiger charge is -2.29. The monoisotopic (exact) mass is 486 g/mol. The van der Waals surface area contributed by atoms with Crippen molar-refractivity contribution >= 4 is 33.5 Å². The first-order valence-corrected chi connectivity index (χ1v) is 12.5. The van der Waals surface area contributed by atoms with Crippen molar-refractivity contribution in [3.05, 3.63) is 54.1 Å². The van der Waals surface area contributed by atoms with E-state index in [2.05, 4.69) is 0 Å². The number of amides is 2. The molecule has 0 aliphatic carbocycles. The number of sulfonamides is 1. The van der Waals surface area contributed by atoms with Crippen LogP contribution in [0.4, 0.5) is 5.69 Å². The van der Waals surface area contributed by atoms with Gasteiger partial charge in [0.25, 0.3) is 5.91 Å². The minimum absolute atomic E-state index is 0.0148. The van der Waals surface area contributed by atoms with E-state index in [4.69, 9.17) is 9.47 Å². The molecule has 10 heteroatoms. The molecule has 0 bridgehead atoms. The van der Waals surface area contributed by atoms with Gasteiger partial charge in [0.05, 0.1) is 23.1 Å². The molecule has 0 saturated carbocycles. The number of hydrogen-bond donors (Lipinski definition) is 0. The topological polar surface area (TPSA) is 110 Å². The first-order chi connectivity index (χ1) is 16.2. The van der Waals surface area contributed by atoms with E-state index in [0.29, 0.717) is 13.0 Å². The molecule has 2 fully saturated rings. The van der Waals surface area contributed by atoms with Crippen LogP contribution < -0.4 is 9.64 Å². The van der Waals surface area contributed by atoms with E-state index in [1.807, 2.05) is 6.92 Å². The smallest absolute Gasteiger partial charge is 0.308 e. The van der Waals surface area contributed by atoms with E-state index >= 15 is 0 Å². The lowest BCUT2D eigenvalue weighted by atomic mass is 10.2. The van der Waals surface area contributed by atoms with E-state index in [9.17, 15) is 22.8 Å². The maximum Gasteiger partial charge on any atom is 0.308 e. The number of carbonyl (C=O) groups excluding carboxylic acids is 3. The van der Waals surface area contributed by atoms with Crippen LogP contribution >= 0.6 is 0 Å². The molecule has 2 saturated heterocycles. The first-order valence-electron chi connectivity index (χ1n) is 11.0. The summed E-state index contributed by atoms with van der Waals surface area (Å²) in [6, 6.07) is 11.1. The number of rotatable bonds is 7. The Balaban J connectivity index is 1.65. The molecule has 2 aromatic rings. The molecule has 2 heterocycles. The molecule has 9 nitrogen and oxygen atoms in total. The van der Waals surface area contributed by atoms with Crippen LogP contribution in [0.1, 0.15) is 31.7 Å². The first kappa shape index (κ1) is 24.1. The van der Waals surface area contributed by atoms with Gasteiger partial charge < -0.3 is 9.47 Å². The van der Waals surface area contributed by atoms with Gasteiger partial charge in [-0.25, -0.2) is 13.3 Å². The van der Waals surface area contributed by atoms with Crippen LogP contribution in [0.15, 0.2) is 53.4 Å². The van der Waals surface area contributed by atoms with Gasteiger partial charge in [-0.2, -0.15) is 4.31 Å². The number of anilines is 1. The van der Waals surface area contributed by atoms with Crippen molar-refractivity contribution in [3.8, 4) is 5.75 Å². The van der Waals surface area contributed by atoms with Crippen LogP contribution in [-0.4, -0.2) is 55.8 Å². The summed E-state index contributed by atoms with van der Waals surface area (Å²) in [7, 11) is -4.07. The van der Waals surface area contributed by atoms with Gasteiger partial charge in [-0.15, -0.1) is 0 Å². The van der Waals surface area contributed by atoms with E-state index in [1.54, 1.807) is 12.1 Å². The Morgan fingerprint density at radius 2 is 1.79 bits per heavy atom. The maximum absolute atomic E-state index is 13.6. The zero-order valence-electron chi connectivity index (χ0n) is 19.0. The molecule has 0 spiro atoms. The summed E-state index contributed by atoms with van der Waals surface area (Å²) in [5, 5.41) is 0. The number of aryl methyl sites for hydroxylation is 1. The number of carbonyl (C=O) groups is 3. The van der Waals surface area contributed by atoms with Crippen LogP contribution in [0.25, 0.3) is 0 Å². The van der Waals surface area contributed by atoms with Crippen molar-refractivity contribution in [1.82, 2.24) is 4.31 Å². The minimum Gasteiger partial charge on any atom is -0.427 e. The second-order valence-corrected chi connectivity index (χ2v) is 10.3. The van der Waals surface area contributed by atoms with Gasteiger partial charge >= 0.3 is 5.97 Å². The summed E-state index contributed by atoms with van der Waals surface area (Å²) in [6.07, 6.45) is 0.861. The molecular weight excluding hydrogens is 460 g/mol. The SMILES string of the molecule is CC(=O)Oc1ccc(N2C(=O)CC(N(CC3CCCO3)S(=O)(=O)c3ccc(C)cc3)C2=O)cc1. The van der Waals surface area contributed by atoms with Crippen molar-refractivity contribution in [2.45, 2.75) is 50.2 Å². The summed E-state index contributed by atoms with van der Waals surface area (Å²) in [5.41, 5.74) is 1.18. The highest BCUT2D eigenvalue weighted by molar-refractivity contribution is 7.89. The third-order valence-corrected chi connectivity index (χ3v) is 7.75. The van der Waals surface area contributed by atoms with E-state index in [1.165, 1.54) is 43.3 Å². The van der Waals surface area contributed by atoms with Gasteiger partial charge in [-0.3, -0.25) is 14.4 Å². The Hall–Kier alpha value is -3.08. The van der Waals surface area contributed by atoms with Crippen LogP contribution in [0.3, 0.4) is 0 Å². The predicted octanol–water partition coefficient (Wildman–Crippen LogP) is 2.42. The fourth-order valence-electron chi connectivity index (χ4n) is 4.17. The summed E-state index contributed by atoms with van der Waals surface area (Å²) in [6.45, 7) is 3.63.